The normalized spacial score (nSPS) is 10.5. The van der Waals surface area contributed by atoms with Gasteiger partial charge >= 0.3 is 5.97 Å². The number of aromatic carboxylic acids is 1. The van der Waals surface area contributed by atoms with Gasteiger partial charge in [0.25, 0.3) is 0 Å². The van der Waals surface area contributed by atoms with Gasteiger partial charge in [0.05, 0.1) is 0 Å². The summed E-state index contributed by atoms with van der Waals surface area (Å²) in [5.41, 5.74) is 0.569. The van der Waals surface area contributed by atoms with E-state index in [1.165, 1.54) is 22.9 Å². The van der Waals surface area contributed by atoms with Gasteiger partial charge in [-0.2, -0.15) is 5.10 Å². The van der Waals surface area contributed by atoms with Gasteiger partial charge in [-0.25, -0.2) is 13.9 Å². The molecule has 0 aliphatic carbocycles. The highest BCUT2D eigenvalue weighted by Gasteiger charge is 2.14. The predicted molar refractivity (Wildman–Crippen MR) is 60.2 cm³/mol. The number of aromatic nitrogens is 2. The molecule has 0 saturated carbocycles. The van der Waals surface area contributed by atoms with Crippen LogP contribution in [0.3, 0.4) is 0 Å². The number of nitrogens with zero attached hydrogens (tertiary/aromatic N) is 2. The summed E-state index contributed by atoms with van der Waals surface area (Å²) in [5, 5.41) is 12.9. The van der Waals surface area contributed by atoms with Crippen molar-refractivity contribution in [2.75, 3.05) is 0 Å². The molecule has 0 radical (unpaired) electrons. The zero-order valence-corrected chi connectivity index (χ0v) is 9.57. The zero-order chi connectivity index (χ0) is 12.6. The second-order valence-corrected chi connectivity index (χ2v) is 3.92. The Kier molecular flexibility index (Phi) is 2.85. The van der Waals surface area contributed by atoms with E-state index in [-0.39, 0.29) is 16.4 Å². The lowest BCUT2D eigenvalue weighted by Crippen LogP contribution is -2.04. The highest BCUT2D eigenvalue weighted by Crippen LogP contribution is 2.19. The Morgan fingerprint density at radius 2 is 2.18 bits per heavy atom. The molecule has 17 heavy (non-hydrogen) atoms. The van der Waals surface area contributed by atoms with Gasteiger partial charge in [-0.3, -0.25) is 0 Å². The maximum absolute atomic E-state index is 13.6. The Labute approximate surface area is 101 Å². The lowest BCUT2D eigenvalue weighted by Gasteiger charge is -2.05. The summed E-state index contributed by atoms with van der Waals surface area (Å²) in [7, 11) is 0. The third-order valence-corrected chi connectivity index (χ3v) is 2.48. The highest BCUT2D eigenvalue weighted by molar-refractivity contribution is 6.30. The minimum Gasteiger partial charge on any atom is -0.476 e. The van der Waals surface area contributed by atoms with E-state index in [1.54, 1.807) is 6.92 Å². The van der Waals surface area contributed by atoms with Crippen molar-refractivity contribution < 1.29 is 14.3 Å². The van der Waals surface area contributed by atoms with Crippen LogP contribution in [0.2, 0.25) is 5.02 Å². The lowest BCUT2D eigenvalue weighted by atomic mass is 10.3. The first-order chi connectivity index (χ1) is 7.99. The number of halogens is 2. The largest absolute Gasteiger partial charge is 0.476 e. The molecule has 0 spiro atoms. The molecule has 0 amide bonds. The lowest BCUT2D eigenvalue weighted by molar-refractivity contribution is 0.0690. The van der Waals surface area contributed by atoms with Crippen molar-refractivity contribution in [1.29, 1.82) is 0 Å². The summed E-state index contributed by atoms with van der Waals surface area (Å²) >= 11 is 5.64. The van der Waals surface area contributed by atoms with Crippen LogP contribution in [-0.4, -0.2) is 20.9 Å². The highest BCUT2D eigenvalue weighted by atomic mass is 35.5. The predicted octanol–water partition coefficient (Wildman–Crippen LogP) is 2.67. The van der Waals surface area contributed by atoms with Crippen molar-refractivity contribution in [2.45, 2.75) is 6.92 Å². The maximum Gasteiger partial charge on any atom is 0.356 e. The fourth-order valence-electron chi connectivity index (χ4n) is 1.48. The van der Waals surface area contributed by atoms with Gasteiger partial charge in [-0.15, -0.1) is 0 Å². The van der Waals surface area contributed by atoms with Crippen LogP contribution in [0.15, 0.2) is 24.3 Å². The third-order valence-electron chi connectivity index (χ3n) is 2.24. The van der Waals surface area contributed by atoms with Crippen molar-refractivity contribution in [1.82, 2.24) is 9.78 Å². The average Bonchev–Trinajstić information content (AvgIpc) is 2.61. The average molecular weight is 255 g/mol. The Balaban J connectivity index is 2.56. The Hall–Kier alpha value is -1.88. The van der Waals surface area contributed by atoms with E-state index in [9.17, 15) is 9.18 Å². The standard InChI is InChI=1S/C11H8ClFN2O2/c1-6-4-9(11(16)17)14-15(6)10-3-2-7(12)5-8(10)13/h2-5H,1H3,(H,16,17). The zero-order valence-electron chi connectivity index (χ0n) is 8.82. The molecule has 0 fully saturated rings. The van der Waals surface area contributed by atoms with Crippen LogP contribution < -0.4 is 0 Å². The Morgan fingerprint density at radius 3 is 2.71 bits per heavy atom. The van der Waals surface area contributed by atoms with E-state index in [0.29, 0.717) is 5.69 Å². The fraction of sp³-hybridized carbons (Fsp3) is 0.0909. The van der Waals surface area contributed by atoms with E-state index < -0.39 is 11.8 Å². The molecule has 2 aromatic rings. The van der Waals surface area contributed by atoms with Crippen LogP contribution in [0.1, 0.15) is 16.2 Å². The van der Waals surface area contributed by atoms with Crippen LogP contribution in [0.4, 0.5) is 4.39 Å². The molecule has 88 valence electrons. The number of hydrogen-bond donors (Lipinski definition) is 1. The van der Waals surface area contributed by atoms with Gasteiger partial charge in [0.2, 0.25) is 0 Å². The van der Waals surface area contributed by atoms with E-state index in [1.807, 2.05) is 0 Å². The molecule has 0 aliphatic rings. The number of carboxylic acid groups (broad SMARTS) is 1. The maximum atomic E-state index is 13.6. The van der Waals surface area contributed by atoms with E-state index >= 15 is 0 Å². The molecule has 6 heteroatoms. The summed E-state index contributed by atoms with van der Waals surface area (Å²) < 4.78 is 14.9. The molecule has 1 aromatic carbocycles. The molecule has 0 aliphatic heterocycles. The van der Waals surface area contributed by atoms with E-state index in [2.05, 4.69) is 5.10 Å². The molecule has 0 atom stereocenters. The number of aryl methyl sites for hydroxylation is 1. The van der Waals surface area contributed by atoms with Gasteiger partial charge in [-0.05, 0) is 31.2 Å². The molecule has 1 N–H and O–H groups in total. The van der Waals surface area contributed by atoms with Crippen molar-refractivity contribution >= 4 is 17.6 Å². The molecule has 4 nitrogen and oxygen atoms in total. The van der Waals surface area contributed by atoms with Crippen LogP contribution in [0.5, 0.6) is 0 Å². The Morgan fingerprint density at radius 1 is 1.47 bits per heavy atom. The molecule has 0 saturated heterocycles. The van der Waals surface area contributed by atoms with Crippen molar-refractivity contribution in [3.8, 4) is 5.69 Å². The van der Waals surface area contributed by atoms with Gasteiger partial charge in [0.1, 0.15) is 11.5 Å². The summed E-state index contributed by atoms with van der Waals surface area (Å²) in [4.78, 5) is 10.7. The molecule has 0 bridgehead atoms. The number of carbonyl (C=O) groups is 1. The quantitative estimate of drug-likeness (QED) is 0.896. The molecule has 2 rings (SSSR count). The van der Waals surface area contributed by atoms with Crippen molar-refractivity contribution in [3.63, 3.8) is 0 Å². The molecular weight excluding hydrogens is 247 g/mol. The number of carboxylic acids is 1. The first-order valence-corrected chi connectivity index (χ1v) is 5.12. The van der Waals surface area contributed by atoms with Gasteiger partial charge in [0.15, 0.2) is 5.69 Å². The third kappa shape index (κ3) is 2.14. The van der Waals surface area contributed by atoms with Crippen molar-refractivity contribution in [2.24, 2.45) is 0 Å². The molecule has 1 aromatic heterocycles. The minimum absolute atomic E-state index is 0.128. The van der Waals surface area contributed by atoms with E-state index in [4.69, 9.17) is 16.7 Å². The van der Waals surface area contributed by atoms with Crippen LogP contribution in [-0.2, 0) is 0 Å². The van der Waals surface area contributed by atoms with Crippen LogP contribution >= 0.6 is 11.6 Å². The van der Waals surface area contributed by atoms with Crippen LogP contribution in [0.25, 0.3) is 5.69 Å². The smallest absolute Gasteiger partial charge is 0.356 e. The number of hydrogen-bond acceptors (Lipinski definition) is 2. The monoisotopic (exact) mass is 254 g/mol. The van der Waals surface area contributed by atoms with Crippen molar-refractivity contribution in [3.05, 3.63) is 46.5 Å². The summed E-state index contributed by atoms with van der Waals surface area (Å²) in [6, 6.07) is 5.49. The molecular formula is C11H8ClFN2O2. The fourth-order valence-corrected chi connectivity index (χ4v) is 1.63. The minimum atomic E-state index is -1.15. The van der Waals surface area contributed by atoms with Gasteiger partial charge < -0.3 is 5.11 Å². The number of benzene rings is 1. The SMILES string of the molecule is Cc1cc(C(=O)O)nn1-c1ccc(Cl)cc1F. The first kappa shape index (κ1) is 11.6. The summed E-state index contributed by atoms with van der Waals surface area (Å²) in [6.07, 6.45) is 0. The number of rotatable bonds is 2. The second-order valence-electron chi connectivity index (χ2n) is 3.48. The van der Waals surface area contributed by atoms with E-state index in [0.717, 1.165) is 6.07 Å². The second kappa shape index (κ2) is 4.18. The Bertz CT molecular complexity index is 595. The first-order valence-electron chi connectivity index (χ1n) is 4.74. The summed E-state index contributed by atoms with van der Waals surface area (Å²) in [6.45, 7) is 1.65. The summed E-state index contributed by atoms with van der Waals surface area (Å²) in [5.74, 6) is -1.71. The molecule has 1 heterocycles. The van der Waals surface area contributed by atoms with Crippen LogP contribution in [0, 0.1) is 12.7 Å². The molecule has 0 unspecified atom stereocenters. The van der Waals surface area contributed by atoms with Gasteiger partial charge in [-0.1, -0.05) is 11.6 Å². The van der Waals surface area contributed by atoms with Gasteiger partial charge in [0, 0.05) is 10.7 Å². The topological polar surface area (TPSA) is 55.1 Å².